The molecule has 98 valence electrons. The van der Waals surface area contributed by atoms with Gasteiger partial charge in [-0.2, -0.15) is 0 Å². The van der Waals surface area contributed by atoms with Crippen LogP contribution in [0.1, 0.15) is 12.0 Å². The first-order valence-corrected chi connectivity index (χ1v) is 5.08. The van der Waals surface area contributed by atoms with Crippen molar-refractivity contribution in [3.63, 3.8) is 0 Å². The van der Waals surface area contributed by atoms with E-state index in [0.29, 0.717) is 5.56 Å². The standard InChI is InChI=1S/C10H13N3O5/c1-7-3-2-4-8(10(7)13(15)16)17-6-5-9(14)18-12-11/h2-4,12H,5-6,11H2,1H3. The van der Waals surface area contributed by atoms with Crippen molar-refractivity contribution >= 4 is 11.7 Å². The lowest BCUT2D eigenvalue weighted by Crippen LogP contribution is -2.27. The van der Waals surface area contributed by atoms with E-state index in [1.54, 1.807) is 24.6 Å². The van der Waals surface area contributed by atoms with Crippen molar-refractivity contribution in [2.24, 2.45) is 5.84 Å². The average Bonchev–Trinajstić information content (AvgIpc) is 2.28. The molecule has 0 amide bonds. The van der Waals surface area contributed by atoms with Gasteiger partial charge in [-0.25, -0.2) is 5.84 Å². The molecule has 0 saturated carbocycles. The molecule has 1 aromatic rings. The number of carbonyl (C=O) groups is 1. The van der Waals surface area contributed by atoms with Crippen molar-refractivity contribution in [1.29, 1.82) is 0 Å². The molecular weight excluding hydrogens is 242 g/mol. The number of nitro benzene ring substituents is 1. The second kappa shape index (κ2) is 6.52. The molecule has 0 unspecified atom stereocenters. The van der Waals surface area contributed by atoms with Crippen LogP contribution < -0.4 is 16.2 Å². The topological polar surface area (TPSA) is 117 Å². The summed E-state index contributed by atoms with van der Waals surface area (Å²) in [6.07, 6.45) is -0.0741. The number of carbonyl (C=O) groups excluding carboxylic acids is 1. The van der Waals surface area contributed by atoms with E-state index in [0.717, 1.165) is 0 Å². The van der Waals surface area contributed by atoms with Crippen LogP contribution >= 0.6 is 0 Å². The third-order valence-electron chi connectivity index (χ3n) is 2.12. The summed E-state index contributed by atoms with van der Waals surface area (Å²) in [6.45, 7) is 1.57. The molecule has 0 aromatic heterocycles. The predicted molar refractivity (Wildman–Crippen MR) is 61.4 cm³/mol. The molecule has 0 aliphatic heterocycles. The Hall–Kier alpha value is -2.19. The maximum atomic E-state index is 10.9. The first-order valence-electron chi connectivity index (χ1n) is 5.08. The molecular formula is C10H13N3O5. The molecule has 0 radical (unpaired) electrons. The van der Waals surface area contributed by atoms with E-state index in [-0.39, 0.29) is 24.5 Å². The normalized spacial score (nSPS) is 9.89. The first kappa shape index (κ1) is 13.9. The van der Waals surface area contributed by atoms with Crippen LogP contribution in [0.15, 0.2) is 18.2 Å². The van der Waals surface area contributed by atoms with Crippen LogP contribution in [0.25, 0.3) is 0 Å². The third kappa shape index (κ3) is 3.68. The Morgan fingerprint density at radius 1 is 1.56 bits per heavy atom. The molecule has 0 bridgehead atoms. The van der Waals surface area contributed by atoms with E-state index >= 15 is 0 Å². The summed E-state index contributed by atoms with van der Waals surface area (Å²) in [5, 5.41) is 10.8. The molecule has 1 rings (SSSR count). The summed E-state index contributed by atoms with van der Waals surface area (Å²) in [4.78, 5) is 25.5. The van der Waals surface area contributed by atoms with E-state index in [1.165, 1.54) is 6.07 Å². The number of nitrogens with zero attached hydrogens (tertiary/aromatic N) is 1. The number of hydrazine groups is 1. The highest BCUT2D eigenvalue weighted by Gasteiger charge is 2.18. The molecule has 0 spiro atoms. The molecule has 8 heteroatoms. The molecule has 0 fully saturated rings. The number of nitro groups is 1. The number of rotatable bonds is 6. The number of aryl methyl sites for hydroxylation is 1. The zero-order valence-electron chi connectivity index (χ0n) is 9.71. The monoisotopic (exact) mass is 255 g/mol. The predicted octanol–water partition coefficient (Wildman–Crippen LogP) is 0.594. The van der Waals surface area contributed by atoms with Crippen molar-refractivity contribution in [2.45, 2.75) is 13.3 Å². The second-order valence-corrected chi connectivity index (χ2v) is 3.37. The minimum Gasteiger partial charge on any atom is -0.486 e. The minimum atomic E-state index is -0.618. The summed E-state index contributed by atoms with van der Waals surface area (Å²) in [6, 6.07) is 4.71. The third-order valence-corrected chi connectivity index (χ3v) is 2.12. The van der Waals surface area contributed by atoms with Crippen LogP contribution in [0.5, 0.6) is 5.75 Å². The van der Waals surface area contributed by atoms with Crippen molar-refractivity contribution in [2.75, 3.05) is 6.61 Å². The number of benzene rings is 1. The summed E-state index contributed by atoms with van der Waals surface area (Å²) in [7, 11) is 0. The molecule has 18 heavy (non-hydrogen) atoms. The molecule has 1 aromatic carbocycles. The minimum absolute atomic E-state index is 0.0369. The van der Waals surface area contributed by atoms with Gasteiger partial charge in [0.25, 0.3) is 0 Å². The van der Waals surface area contributed by atoms with Crippen molar-refractivity contribution in [1.82, 2.24) is 5.59 Å². The molecule has 0 aliphatic carbocycles. The summed E-state index contributed by atoms with van der Waals surface area (Å²) >= 11 is 0. The van der Waals surface area contributed by atoms with Gasteiger partial charge in [0.1, 0.15) is 0 Å². The number of nitrogens with one attached hydrogen (secondary N) is 1. The van der Waals surface area contributed by atoms with Crippen LogP contribution in [0.4, 0.5) is 5.69 Å². The Morgan fingerprint density at radius 3 is 2.89 bits per heavy atom. The quantitative estimate of drug-likeness (QED) is 0.434. The van der Waals surface area contributed by atoms with Gasteiger partial charge in [-0.3, -0.25) is 14.9 Å². The summed E-state index contributed by atoms with van der Waals surface area (Å²) < 4.78 is 5.19. The number of para-hydroxylation sites is 1. The highest BCUT2D eigenvalue weighted by atomic mass is 16.7. The molecule has 0 atom stereocenters. The van der Waals surface area contributed by atoms with Crippen LogP contribution in [0.3, 0.4) is 0 Å². The maximum absolute atomic E-state index is 10.9. The van der Waals surface area contributed by atoms with E-state index in [4.69, 9.17) is 10.6 Å². The van der Waals surface area contributed by atoms with Crippen molar-refractivity contribution in [3.8, 4) is 5.75 Å². The first-order chi connectivity index (χ1) is 8.56. The fourth-order valence-electron chi connectivity index (χ4n) is 1.34. The van der Waals surface area contributed by atoms with Crippen LogP contribution in [-0.2, 0) is 9.63 Å². The van der Waals surface area contributed by atoms with Gasteiger partial charge in [0.15, 0.2) is 5.75 Å². The fraction of sp³-hybridized carbons (Fsp3) is 0.300. The molecule has 3 N–H and O–H groups in total. The average molecular weight is 255 g/mol. The van der Waals surface area contributed by atoms with Gasteiger partial charge < -0.3 is 9.57 Å². The lowest BCUT2D eigenvalue weighted by molar-refractivity contribution is -0.386. The Labute approximate surface area is 103 Å². The van der Waals surface area contributed by atoms with Crippen LogP contribution in [0, 0.1) is 17.0 Å². The van der Waals surface area contributed by atoms with Gasteiger partial charge in [0, 0.05) is 5.56 Å². The smallest absolute Gasteiger partial charge is 0.329 e. The Kier molecular flexibility index (Phi) is 5.03. The Balaban J connectivity index is 2.65. The molecule has 0 saturated heterocycles. The number of hydrogen-bond donors (Lipinski definition) is 2. The highest BCUT2D eigenvalue weighted by molar-refractivity contribution is 5.69. The second-order valence-electron chi connectivity index (χ2n) is 3.37. The fourth-order valence-corrected chi connectivity index (χ4v) is 1.34. The van der Waals surface area contributed by atoms with E-state index in [2.05, 4.69) is 4.84 Å². The number of ether oxygens (including phenoxy) is 1. The van der Waals surface area contributed by atoms with Gasteiger partial charge >= 0.3 is 11.7 Å². The number of hydrogen-bond acceptors (Lipinski definition) is 7. The largest absolute Gasteiger partial charge is 0.486 e. The SMILES string of the molecule is Cc1cccc(OCCC(=O)ONN)c1[N+](=O)[O-]. The molecule has 8 nitrogen and oxygen atoms in total. The van der Waals surface area contributed by atoms with Gasteiger partial charge in [-0.15, -0.1) is 0 Å². The van der Waals surface area contributed by atoms with Gasteiger partial charge in [-0.05, 0) is 13.0 Å². The maximum Gasteiger partial charge on any atom is 0.329 e. The summed E-state index contributed by atoms with van der Waals surface area (Å²) in [5.74, 6) is 4.27. The van der Waals surface area contributed by atoms with E-state index in [9.17, 15) is 14.9 Å². The highest BCUT2D eigenvalue weighted by Crippen LogP contribution is 2.30. The lowest BCUT2D eigenvalue weighted by atomic mass is 10.2. The zero-order chi connectivity index (χ0) is 13.5. The van der Waals surface area contributed by atoms with Gasteiger partial charge in [-0.1, -0.05) is 17.7 Å². The lowest BCUT2D eigenvalue weighted by Gasteiger charge is -2.07. The van der Waals surface area contributed by atoms with E-state index in [1.807, 2.05) is 0 Å². The molecule has 0 aliphatic rings. The molecule has 0 heterocycles. The van der Waals surface area contributed by atoms with Gasteiger partial charge in [0.05, 0.1) is 18.0 Å². The Morgan fingerprint density at radius 2 is 2.28 bits per heavy atom. The summed E-state index contributed by atoms with van der Waals surface area (Å²) in [5.41, 5.74) is 2.12. The number of nitrogens with two attached hydrogens (primary N) is 1. The van der Waals surface area contributed by atoms with Crippen molar-refractivity contribution in [3.05, 3.63) is 33.9 Å². The van der Waals surface area contributed by atoms with Crippen LogP contribution in [0.2, 0.25) is 0 Å². The van der Waals surface area contributed by atoms with Crippen LogP contribution in [-0.4, -0.2) is 17.5 Å². The zero-order valence-corrected chi connectivity index (χ0v) is 9.71. The Bertz CT molecular complexity index is 449. The van der Waals surface area contributed by atoms with Crippen molar-refractivity contribution < 1.29 is 19.3 Å². The van der Waals surface area contributed by atoms with Gasteiger partial charge in [0.2, 0.25) is 0 Å². The van der Waals surface area contributed by atoms with E-state index < -0.39 is 10.9 Å².